The Morgan fingerprint density at radius 3 is 1.38 bits per heavy atom. The predicted molar refractivity (Wildman–Crippen MR) is 104 cm³/mol. The van der Waals surface area contributed by atoms with Crippen LogP contribution >= 0.6 is 0 Å². The number of hydrogen-bond acceptors (Lipinski definition) is 1. The molecule has 0 saturated carbocycles. The van der Waals surface area contributed by atoms with E-state index in [1.807, 2.05) is 0 Å². The summed E-state index contributed by atoms with van der Waals surface area (Å²) in [5.41, 5.74) is 0. The van der Waals surface area contributed by atoms with Crippen LogP contribution in [0.2, 0.25) is 0 Å². The van der Waals surface area contributed by atoms with Crippen molar-refractivity contribution in [3.05, 3.63) is 24.3 Å². The Kier molecular flexibility index (Phi) is 19.1. The first-order valence-corrected chi connectivity index (χ1v) is 10.3. The van der Waals surface area contributed by atoms with E-state index in [9.17, 15) is 9.90 Å². The maximum atomic E-state index is 10.2. The van der Waals surface area contributed by atoms with Gasteiger partial charge in [-0.2, -0.15) is 0 Å². The Morgan fingerprint density at radius 2 is 0.958 bits per heavy atom. The number of rotatable bonds is 18. The molecule has 0 aromatic rings. The van der Waals surface area contributed by atoms with Gasteiger partial charge in [0.25, 0.3) is 0 Å². The number of hydrogen-bond donors (Lipinski definition) is 0. The van der Waals surface area contributed by atoms with Gasteiger partial charge in [0.15, 0.2) is 0 Å². The minimum absolute atomic E-state index is 0.177. The Bertz CT molecular complexity index is 318. The van der Waals surface area contributed by atoms with Crippen LogP contribution in [0.4, 0.5) is 0 Å². The minimum atomic E-state index is -0.940. The van der Waals surface area contributed by atoms with Gasteiger partial charge in [0.2, 0.25) is 0 Å². The smallest absolute Gasteiger partial charge is 0.247 e. The van der Waals surface area contributed by atoms with Crippen LogP contribution in [-0.4, -0.2) is 5.97 Å². The molecular formula is C22H39O2. The lowest BCUT2D eigenvalue weighted by Gasteiger charge is -1.98. The highest BCUT2D eigenvalue weighted by Crippen LogP contribution is 2.09. The van der Waals surface area contributed by atoms with E-state index in [4.69, 9.17) is 0 Å². The first-order chi connectivity index (χ1) is 11.8. The lowest BCUT2D eigenvalue weighted by molar-refractivity contribution is -0.143. The molecule has 0 bridgehead atoms. The highest BCUT2D eigenvalue weighted by Gasteiger charge is 1.96. The first kappa shape index (κ1) is 22.9. The molecule has 1 radical (unpaired) electrons. The normalized spacial score (nSPS) is 11.7. The lowest BCUT2D eigenvalue weighted by atomic mass is 10.1. The zero-order chi connectivity index (χ0) is 17.7. The fraction of sp³-hybridized carbons (Fsp3) is 0.773. The molecule has 0 aromatic carbocycles. The third-order valence-electron chi connectivity index (χ3n) is 4.30. The number of unbranched alkanes of at least 4 members (excludes halogenated alkanes) is 12. The number of carbonyl (C=O) groups is 1. The average molecular weight is 336 g/mol. The molecule has 139 valence electrons. The molecule has 0 spiro atoms. The fourth-order valence-electron chi connectivity index (χ4n) is 2.76. The molecule has 0 saturated heterocycles. The Morgan fingerprint density at radius 1 is 0.583 bits per heavy atom. The van der Waals surface area contributed by atoms with Crippen LogP contribution in [-0.2, 0) is 9.90 Å². The molecular weight excluding hydrogens is 296 g/mol. The topological polar surface area (TPSA) is 37.0 Å². The average Bonchev–Trinajstić information content (AvgIpc) is 2.56. The van der Waals surface area contributed by atoms with Crippen molar-refractivity contribution < 1.29 is 9.90 Å². The first-order valence-electron chi connectivity index (χ1n) is 10.3. The van der Waals surface area contributed by atoms with Gasteiger partial charge >= 0.3 is 5.97 Å². The summed E-state index contributed by atoms with van der Waals surface area (Å²) >= 11 is 0. The monoisotopic (exact) mass is 335 g/mol. The van der Waals surface area contributed by atoms with Gasteiger partial charge in [-0.05, 0) is 51.4 Å². The third kappa shape index (κ3) is 20.9. The summed E-state index contributed by atoms with van der Waals surface area (Å²) in [6.07, 6.45) is 27.9. The van der Waals surface area contributed by atoms with Gasteiger partial charge < -0.3 is 0 Å². The van der Waals surface area contributed by atoms with E-state index in [2.05, 4.69) is 31.2 Å². The van der Waals surface area contributed by atoms with E-state index in [0.29, 0.717) is 6.42 Å². The molecule has 2 nitrogen and oxygen atoms in total. The van der Waals surface area contributed by atoms with Crippen molar-refractivity contribution in [2.45, 2.75) is 110 Å². The molecule has 0 aliphatic rings. The SMILES string of the molecule is CCCCCCCCC=CCCCCCCC=CCCCC([O])=O. The van der Waals surface area contributed by atoms with Crippen LogP contribution in [0.3, 0.4) is 0 Å². The van der Waals surface area contributed by atoms with Crippen molar-refractivity contribution in [2.75, 3.05) is 0 Å². The Hall–Kier alpha value is -1.05. The second kappa shape index (κ2) is 20.0. The summed E-state index contributed by atoms with van der Waals surface area (Å²) in [4.78, 5) is 10.2. The molecule has 0 aliphatic heterocycles. The highest BCUT2D eigenvalue weighted by molar-refractivity contribution is 5.66. The molecule has 2 heteroatoms. The van der Waals surface area contributed by atoms with Crippen LogP contribution < -0.4 is 0 Å². The molecule has 0 atom stereocenters. The van der Waals surface area contributed by atoms with Crippen molar-refractivity contribution >= 4 is 5.97 Å². The highest BCUT2D eigenvalue weighted by atomic mass is 16.4. The van der Waals surface area contributed by atoms with Crippen molar-refractivity contribution in [1.29, 1.82) is 0 Å². The van der Waals surface area contributed by atoms with Gasteiger partial charge in [-0.25, -0.2) is 9.90 Å². The van der Waals surface area contributed by atoms with Gasteiger partial charge in [0.05, 0.1) is 6.42 Å². The van der Waals surface area contributed by atoms with Crippen LogP contribution in [0.15, 0.2) is 24.3 Å². The summed E-state index contributed by atoms with van der Waals surface area (Å²) in [7, 11) is 0. The van der Waals surface area contributed by atoms with Crippen LogP contribution in [0.5, 0.6) is 0 Å². The minimum Gasteiger partial charge on any atom is -0.247 e. The zero-order valence-electron chi connectivity index (χ0n) is 15.9. The molecule has 0 N–H and O–H groups in total. The summed E-state index contributed by atoms with van der Waals surface area (Å²) in [6, 6.07) is 0. The summed E-state index contributed by atoms with van der Waals surface area (Å²) in [5.74, 6) is -0.940. The second-order valence-corrected chi connectivity index (χ2v) is 6.76. The molecule has 0 heterocycles. The summed E-state index contributed by atoms with van der Waals surface area (Å²) < 4.78 is 0. The van der Waals surface area contributed by atoms with Crippen LogP contribution in [0.25, 0.3) is 0 Å². The van der Waals surface area contributed by atoms with Crippen molar-refractivity contribution in [2.24, 2.45) is 0 Å². The Labute approximate surface area is 150 Å². The van der Waals surface area contributed by atoms with E-state index in [1.54, 1.807) is 0 Å². The van der Waals surface area contributed by atoms with E-state index in [-0.39, 0.29) is 6.42 Å². The molecule has 0 aromatic heterocycles. The quantitative estimate of drug-likeness (QED) is 0.191. The number of carbonyl (C=O) groups excluding carboxylic acids is 1. The van der Waals surface area contributed by atoms with Crippen LogP contribution in [0, 0.1) is 0 Å². The fourth-order valence-corrected chi connectivity index (χ4v) is 2.76. The molecule has 0 aliphatic carbocycles. The van der Waals surface area contributed by atoms with E-state index < -0.39 is 5.97 Å². The number of allylic oxidation sites excluding steroid dienone is 4. The van der Waals surface area contributed by atoms with Gasteiger partial charge in [-0.15, -0.1) is 0 Å². The Balaban J connectivity index is 3.15. The van der Waals surface area contributed by atoms with Crippen molar-refractivity contribution in [3.63, 3.8) is 0 Å². The second-order valence-electron chi connectivity index (χ2n) is 6.76. The van der Waals surface area contributed by atoms with E-state index >= 15 is 0 Å². The molecule has 24 heavy (non-hydrogen) atoms. The van der Waals surface area contributed by atoms with E-state index in [1.165, 1.54) is 77.0 Å². The maximum Gasteiger partial charge on any atom is 0.355 e. The molecule has 0 unspecified atom stereocenters. The summed E-state index contributed by atoms with van der Waals surface area (Å²) in [5, 5.41) is 10.2. The molecule has 0 fully saturated rings. The van der Waals surface area contributed by atoms with Crippen LogP contribution in [0.1, 0.15) is 110 Å². The van der Waals surface area contributed by atoms with Gasteiger partial charge in [0, 0.05) is 0 Å². The maximum absolute atomic E-state index is 10.2. The van der Waals surface area contributed by atoms with Crippen molar-refractivity contribution in [3.8, 4) is 0 Å². The summed E-state index contributed by atoms with van der Waals surface area (Å²) in [6.45, 7) is 2.27. The molecule has 0 amide bonds. The standard InChI is InChI=1S/C22H39O2/c1-2-3-4-5-6-7-8-9-10-11-12-13-14-15-16-17-18-19-20-21-22(23)24/h9-10,17-18H,2-8,11-16,19-21H2,1H3. The molecule has 0 rings (SSSR count). The van der Waals surface area contributed by atoms with Gasteiger partial charge in [0.1, 0.15) is 0 Å². The lowest BCUT2D eigenvalue weighted by Crippen LogP contribution is -1.90. The van der Waals surface area contributed by atoms with Gasteiger partial charge in [-0.3, -0.25) is 0 Å². The van der Waals surface area contributed by atoms with Crippen molar-refractivity contribution in [1.82, 2.24) is 0 Å². The van der Waals surface area contributed by atoms with E-state index in [0.717, 1.165) is 12.8 Å². The zero-order valence-corrected chi connectivity index (χ0v) is 15.9. The largest absolute Gasteiger partial charge is 0.355 e. The van der Waals surface area contributed by atoms with Gasteiger partial charge in [-0.1, -0.05) is 76.2 Å². The predicted octanol–water partition coefficient (Wildman–Crippen LogP) is 7.32. The third-order valence-corrected chi connectivity index (χ3v) is 4.30.